The van der Waals surface area contributed by atoms with Gasteiger partial charge in [-0.1, -0.05) is 25.7 Å². The normalized spacial score (nSPS) is 27.6. The summed E-state index contributed by atoms with van der Waals surface area (Å²) in [6, 6.07) is 0.655. The Labute approximate surface area is 104 Å². The number of Topliss-reactive ketones (excluding diaryl/α,β-unsaturated/α-hetero) is 1. The number of aliphatic hydroxyl groups is 1. The molecule has 0 amide bonds. The average Bonchev–Trinajstić information content (AvgIpc) is 2.38. The highest BCUT2D eigenvalue weighted by molar-refractivity contribution is 5.84. The summed E-state index contributed by atoms with van der Waals surface area (Å²) >= 11 is 0. The molecule has 0 bridgehead atoms. The van der Waals surface area contributed by atoms with E-state index < -0.39 is 0 Å². The number of rotatable bonds is 4. The number of hydrogen-bond acceptors (Lipinski definition) is 3. The maximum atomic E-state index is 12.0. The van der Waals surface area contributed by atoms with Gasteiger partial charge in [0.25, 0.3) is 0 Å². The van der Waals surface area contributed by atoms with Crippen molar-refractivity contribution in [2.24, 2.45) is 0 Å². The third-order valence-electron chi connectivity index (χ3n) is 4.32. The minimum atomic E-state index is 0.110. The Bertz CT molecular complexity index is 249. The molecule has 2 aliphatic carbocycles. The van der Waals surface area contributed by atoms with Crippen molar-refractivity contribution in [1.82, 2.24) is 4.90 Å². The van der Waals surface area contributed by atoms with Gasteiger partial charge >= 0.3 is 0 Å². The first-order valence-corrected chi connectivity index (χ1v) is 7.22. The van der Waals surface area contributed by atoms with Crippen LogP contribution in [0, 0.1) is 0 Å². The van der Waals surface area contributed by atoms with Gasteiger partial charge in [-0.15, -0.1) is 0 Å². The molecule has 0 aromatic heterocycles. The van der Waals surface area contributed by atoms with E-state index >= 15 is 0 Å². The molecule has 0 radical (unpaired) electrons. The first-order valence-electron chi connectivity index (χ1n) is 7.22. The van der Waals surface area contributed by atoms with Crippen LogP contribution in [0.25, 0.3) is 0 Å². The molecule has 0 heterocycles. The second kappa shape index (κ2) is 6.50. The van der Waals surface area contributed by atoms with Crippen molar-refractivity contribution >= 4 is 5.78 Å². The fraction of sp³-hybridized carbons (Fsp3) is 0.929. The summed E-state index contributed by atoms with van der Waals surface area (Å²) in [6.07, 6.45) is 10.3. The van der Waals surface area contributed by atoms with Gasteiger partial charge in [-0.05, 0) is 25.7 Å². The standard InChI is InChI=1S/C14H25NO2/c16-11-10-15(12-6-2-1-3-7-12)13-8-4-5-9-14(13)17/h12-13,16H,1-11H2. The maximum Gasteiger partial charge on any atom is 0.149 e. The lowest BCUT2D eigenvalue weighted by Crippen LogP contribution is -2.50. The van der Waals surface area contributed by atoms with Crippen molar-refractivity contribution in [2.75, 3.05) is 13.2 Å². The first-order chi connectivity index (χ1) is 8.33. The number of hydrogen-bond donors (Lipinski definition) is 1. The Balaban J connectivity index is 2.01. The SMILES string of the molecule is O=C1CCCCC1N(CCO)C1CCCCC1. The van der Waals surface area contributed by atoms with E-state index in [0.29, 0.717) is 18.4 Å². The van der Waals surface area contributed by atoms with Crippen LogP contribution in [0.2, 0.25) is 0 Å². The van der Waals surface area contributed by atoms with Crippen LogP contribution in [0.5, 0.6) is 0 Å². The zero-order valence-corrected chi connectivity index (χ0v) is 10.7. The molecule has 1 atom stereocenters. The van der Waals surface area contributed by atoms with Crippen molar-refractivity contribution < 1.29 is 9.90 Å². The van der Waals surface area contributed by atoms with Crippen molar-refractivity contribution in [2.45, 2.75) is 69.9 Å². The van der Waals surface area contributed by atoms with Crippen molar-refractivity contribution in [1.29, 1.82) is 0 Å². The lowest BCUT2D eigenvalue weighted by atomic mass is 9.88. The van der Waals surface area contributed by atoms with E-state index in [0.717, 1.165) is 19.3 Å². The predicted molar refractivity (Wildman–Crippen MR) is 67.9 cm³/mol. The molecular formula is C14H25NO2. The number of aliphatic hydroxyl groups excluding tert-OH is 1. The molecule has 3 heteroatoms. The van der Waals surface area contributed by atoms with Crippen LogP contribution in [0.4, 0.5) is 0 Å². The van der Waals surface area contributed by atoms with E-state index in [1.54, 1.807) is 0 Å². The van der Waals surface area contributed by atoms with E-state index in [1.165, 1.54) is 38.5 Å². The number of carbonyl (C=O) groups is 1. The van der Waals surface area contributed by atoms with Gasteiger partial charge in [0, 0.05) is 19.0 Å². The zero-order chi connectivity index (χ0) is 12.1. The minimum Gasteiger partial charge on any atom is -0.395 e. The molecule has 98 valence electrons. The number of ketones is 1. The smallest absolute Gasteiger partial charge is 0.149 e. The third-order valence-corrected chi connectivity index (χ3v) is 4.32. The summed E-state index contributed by atoms with van der Waals surface area (Å²) in [5, 5.41) is 9.23. The molecule has 2 rings (SSSR count). The minimum absolute atomic E-state index is 0.110. The molecule has 0 spiro atoms. The van der Waals surface area contributed by atoms with Crippen LogP contribution in [0.15, 0.2) is 0 Å². The fourth-order valence-corrected chi connectivity index (χ4v) is 3.44. The fourth-order valence-electron chi connectivity index (χ4n) is 3.44. The van der Waals surface area contributed by atoms with E-state index in [4.69, 9.17) is 0 Å². The largest absolute Gasteiger partial charge is 0.395 e. The lowest BCUT2D eigenvalue weighted by molar-refractivity contribution is -0.127. The van der Waals surface area contributed by atoms with Crippen LogP contribution >= 0.6 is 0 Å². The first kappa shape index (κ1) is 13.0. The van der Waals surface area contributed by atoms with Gasteiger partial charge in [0.05, 0.1) is 12.6 Å². The molecule has 3 nitrogen and oxygen atoms in total. The highest BCUT2D eigenvalue weighted by atomic mass is 16.3. The van der Waals surface area contributed by atoms with Crippen molar-refractivity contribution in [3.8, 4) is 0 Å². The Morgan fingerprint density at radius 3 is 2.41 bits per heavy atom. The van der Waals surface area contributed by atoms with Crippen molar-refractivity contribution in [3.63, 3.8) is 0 Å². The van der Waals surface area contributed by atoms with Crippen LogP contribution in [-0.2, 0) is 4.79 Å². The summed E-state index contributed by atoms with van der Waals surface area (Å²) in [5.41, 5.74) is 0. The predicted octanol–water partition coefficient (Wildman–Crippen LogP) is 2.13. The second-order valence-electron chi connectivity index (χ2n) is 5.48. The molecule has 2 aliphatic rings. The molecule has 1 unspecified atom stereocenters. The van der Waals surface area contributed by atoms with Crippen LogP contribution < -0.4 is 0 Å². The molecule has 0 saturated heterocycles. The highest BCUT2D eigenvalue weighted by Crippen LogP contribution is 2.28. The molecule has 1 N–H and O–H groups in total. The van der Waals surface area contributed by atoms with Gasteiger partial charge in [-0.2, -0.15) is 0 Å². The molecule has 17 heavy (non-hydrogen) atoms. The van der Waals surface area contributed by atoms with Crippen LogP contribution in [0.1, 0.15) is 57.8 Å². The summed E-state index contributed by atoms with van der Waals surface area (Å²) < 4.78 is 0. The van der Waals surface area contributed by atoms with Gasteiger partial charge in [0.2, 0.25) is 0 Å². The monoisotopic (exact) mass is 239 g/mol. The quantitative estimate of drug-likeness (QED) is 0.817. The molecule has 0 aromatic carbocycles. The van der Waals surface area contributed by atoms with Crippen LogP contribution in [-0.4, -0.2) is 41.0 Å². The average molecular weight is 239 g/mol. The van der Waals surface area contributed by atoms with Crippen molar-refractivity contribution in [3.05, 3.63) is 0 Å². The highest BCUT2D eigenvalue weighted by Gasteiger charge is 2.32. The Kier molecular flexibility index (Phi) is 4.99. The number of nitrogens with zero attached hydrogens (tertiary/aromatic N) is 1. The van der Waals surface area contributed by atoms with E-state index in [2.05, 4.69) is 4.90 Å². The van der Waals surface area contributed by atoms with E-state index in [-0.39, 0.29) is 12.6 Å². The van der Waals surface area contributed by atoms with E-state index in [1.807, 2.05) is 0 Å². The zero-order valence-electron chi connectivity index (χ0n) is 10.7. The third kappa shape index (κ3) is 3.29. The summed E-state index contributed by atoms with van der Waals surface area (Å²) in [5.74, 6) is 0.412. The molecule has 2 saturated carbocycles. The van der Waals surface area contributed by atoms with Gasteiger partial charge in [0.15, 0.2) is 0 Å². The van der Waals surface area contributed by atoms with Gasteiger partial charge < -0.3 is 5.11 Å². The van der Waals surface area contributed by atoms with Crippen LogP contribution in [0.3, 0.4) is 0 Å². The lowest BCUT2D eigenvalue weighted by Gasteiger charge is -2.40. The van der Waals surface area contributed by atoms with Gasteiger partial charge in [-0.3, -0.25) is 9.69 Å². The number of carbonyl (C=O) groups excluding carboxylic acids is 1. The molecular weight excluding hydrogens is 214 g/mol. The Morgan fingerprint density at radius 2 is 1.76 bits per heavy atom. The Morgan fingerprint density at radius 1 is 1.06 bits per heavy atom. The topological polar surface area (TPSA) is 40.5 Å². The van der Waals surface area contributed by atoms with Gasteiger partial charge in [-0.25, -0.2) is 0 Å². The summed E-state index contributed by atoms with van der Waals surface area (Å²) in [7, 11) is 0. The second-order valence-corrected chi connectivity index (χ2v) is 5.48. The van der Waals surface area contributed by atoms with Gasteiger partial charge in [0.1, 0.15) is 5.78 Å². The Hall–Kier alpha value is -0.410. The van der Waals surface area contributed by atoms with E-state index in [9.17, 15) is 9.90 Å². The summed E-state index contributed by atoms with van der Waals surface area (Å²) in [4.78, 5) is 14.4. The maximum absolute atomic E-state index is 12.0. The molecule has 0 aromatic rings. The molecule has 0 aliphatic heterocycles. The molecule has 2 fully saturated rings. The summed E-state index contributed by atoms with van der Waals surface area (Å²) in [6.45, 7) is 0.862.